The average molecular weight is 190 g/mol. The number of hydrogen-bond acceptors (Lipinski definition) is 4. The first-order valence-corrected chi connectivity index (χ1v) is 4.68. The normalized spacial score (nSPS) is 41.1. The van der Waals surface area contributed by atoms with Gasteiger partial charge in [0.1, 0.15) is 12.2 Å². The van der Waals surface area contributed by atoms with Gasteiger partial charge in [-0.3, -0.25) is 0 Å². The highest BCUT2D eigenvalue weighted by Gasteiger charge is 2.37. The third-order valence-corrected chi connectivity index (χ3v) is 2.52. The lowest BCUT2D eigenvalue weighted by Crippen LogP contribution is -2.51. The van der Waals surface area contributed by atoms with Crippen molar-refractivity contribution >= 4 is 0 Å². The van der Waals surface area contributed by atoms with Crippen LogP contribution < -0.4 is 0 Å². The standard InChI is InChI=1S/C9H18O4/c1-5(2)7-3-6(11)9(12)8(4-10)13-7/h5-12H,3-4H2,1-2H3/t6-,7+,8?,9?/m1/s1. The maximum Gasteiger partial charge on any atom is 0.109 e. The molecule has 0 radical (unpaired) electrons. The molecule has 2 unspecified atom stereocenters. The van der Waals surface area contributed by atoms with Crippen molar-refractivity contribution in [1.29, 1.82) is 0 Å². The summed E-state index contributed by atoms with van der Waals surface area (Å²) in [6, 6.07) is 0. The van der Waals surface area contributed by atoms with Gasteiger partial charge in [-0.15, -0.1) is 0 Å². The predicted molar refractivity (Wildman–Crippen MR) is 47.2 cm³/mol. The Morgan fingerprint density at radius 3 is 2.46 bits per heavy atom. The third-order valence-electron chi connectivity index (χ3n) is 2.52. The topological polar surface area (TPSA) is 69.9 Å². The summed E-state index contributed by atoms with van der Waals surface area (Å²) >= 11 is 0. The molecule has 4 nitrogen and oxygen atoms in total. The minimum absolute atomic E-state index is 0.0736. The van der Waals surface area contributed by atoms with E-state index >= 15 is 0 Å². The summed E-state index contributed by atoms with van der Waals surface area (Å²) in [5.41, 5.74) is 0. The maximum atomic E-state index is 9.46. The first kappa shape index (κ1) is 10.9. The highest BCUT2D eigenvalue weighted by molar-refractivity contribution is 4.85. The van der Waals surface area contributed by atoms with Gasteiger partial charge in [0, 0.05) is 6.42 Å². The van der Waals surface area contributed by atoms with Crippen LogP contribution in [0.25, 0.3) is 0 Å². The largest absolute Gasteiger partial charge is 0.394 e. The summed E-state index contributed by atoms with van der Waals surface area (Å²) in [5.74, 6) is 0.288. The summed E-state index contributed by atoms with van der Waals surface area (Å²) in [6.45, 7) is 3.73. The van der Waals surface area contributed by atoms with Gasteiger partial charge in [0.2, 0.25) is 0 Å². The second-order valence-corrected chi connectivity index (χ2v) is 3.93. The van der Waals surface area contributed by atoms with Crippen LogP contribution in [0.3, 0.4) is 0 Å². The van der Waals surface area contributed by atoms with Gasteiger partial charge in [-0.05, 0) is 5.92 Å². The van der Waals surface area contributed by atoms with Gasteiger partial charge in [-0.2, -0.15) is 0 Å². The van der Waals surface area contributed by atoms with Gasteiger partial charge in [0.15, 0.2) is 0 Å². The van der Waals surface area contributed by atoms with Crippen LogP contribution in [-0.4, -0.2) is 46.3 Å². The molecule has 3 N–H and O–H groups in total. The molecule has 1 aliphatic rings. The molecular weight excluding hydrogens is 172 g/mol. The number of rotatable bonds is 2. The van der Waals surface area contributed by atoms with E-state index in [4.69, 9.17) is 9.84 Å². The zero-order valence-electron chi connectivity index (χ0n) is 8.05. The van der Waals surface area contributed by atoms with Crippen molar-refractivity contribution in [2.45, 2.75) is 44.7 Å². The lowest BCUT2D eigenvalue weighted by molar-refractivity contribution is -0.189. The molecule has 0 amide bonds. The summed E-state index contributed by atoms with van der Waals surface area (Å²) in [4.78, 5) is 0. The lowest BCUT2D eigenvalue weighted by atomic mass is 9.92. The summed E-state index contributed by atoms with van der Waals surface area (Å²) in [5, 5.41) is 27.7. The van der Waals surface area contributed by atoms with Crippen LogP contribution in [0.1, 0.15) is 20.3 Å². The fraction of sp³-hybridized carbons (Fsp3) is 1.00. The van der Waals surface area contributed by atoms with E-state index in [9.17, 15) is 10.2 Å². The fourth-order valence-electron chi connectivity index (χ4n) is 1.57. The Morgan fingerprint density at radius 2 is 2.00 bits per heavy atom. The van der Waals surface area contributed by atoms with Crippen LogP contribution in [-0.2, 0) is 4.74 Å². The number of hydrogen-bond donors (Lipinski definition) is 3. The molecule has 4 heteroatoms. The van der Waals surface area contributed by atoms with Crippen LogP contribution in [0.4, 0.5) is 0 Å². The van der Waals surface area contributed by atoms with Crippen molar-refractivity contribution in [3.8, 4) is 0 Å². The minimum atomic E-state index is -0.958. The highest BCUT2D eigenvalue weighted by atomic mass is 16.5. The molecule has 0 aliphatic carbocycles. The Bertz CT molecular complexity index is 160. The Balaban J connectivity index is 2.58. The molecule has 1 saturated heterocycles. The Kier molecular flexibility index (Phi) is 3.67. The molecule has 1 rings (SSSR count). The average Bonchev–Trinajstić information content (AvgIpc) is 2.09. The van der Waals surface area contributed by atoms with Crippen molar-refractivity contribution in [3.63, 3.8) is 0 Å². The van der Waals surface area contributed by atoms with E-state index in [1.807, 2.05) is 13.8 Å². The van der Waals surface area contributed by atoms with Crippen LogP contribution in [0.2, 0.25) is 0 Å². The van der Waals surface area contributed by atoms with Crippen LogP contribution in [0, 0.1) is 5.92 Å². The molecule has 1 heterocycles. The first-order valence-electron chi connectivity index (χ1n) is 4.68. The van der Waals surface area contributed by atoms with Crippen molar-refractivity contribution in [2.24, 2.45) is 5.92 Å². The molecule has 0 aromatic carbocycles. The van der Waals surface area contributed by atoms with E-state index in [-0.39, 0.29) is 18.6 Å². The van der Waals surface area contributed by atoms with Crippen LogP contribution in [0.5, 0.6) is 0 Å². The Morgan fingerprint density at radius 1 is 1.38 bits per heavy atom. The van der Waals surface area contributed by atoms with Gasteiger partial charge in [-0.1, -0.05) is 13.8 Å². The van der Waals surface area contributed by atoms with Crippen molar-refractivity contribution in [3.05, 3.63) is 0 Å². The van der Waals surface area contributed by atoms with Gasteiger partial charge in [-0.25, -0.2) is 0 Å². The lowest BCUT2D eigenvalue weighted by Gasteiger charge is -2.38. The van der Waals surface area contributed by atoms with Gasteiger partial charge in [0.25, 0.3) is 0 Å². The molecule has 4 atom stereocenters. The summed E-state index contributed by atoms with van der Waals surface area (Å²) in [7, 11) is 0. The molecule has 13 heavy (non-hydrogen) atoms. The number of aliphatic hydroxyl groups is 3. The van der Waals surface area contributed by atoms with E-state index in [1.54, 1.807) is 0 Å². The molecule has 1 aliphatic heterocycles. The van der Waals surface area contributed by atoms with E-state index in [0.717, 1.165) is 0 Å². The second kappa shape index (κ2) is 4.37. The first-order chi connectivity index (χ1) is 6.06. The quantitative estimate of drug-likeness (QED) is 0.550. The smallest absolute Gasteiger partial charge is 0.109 e. The predicted octanol–water partition coefficient (Wildman–Crippen LogP) is -0.486. The Hall–Kier alpha value is -0.160. The van der Waals surface area contributed by atoms with Crippen LogP contribution >= 0.6 is 0 Å². The molecular formula is C9H18O4. The molecule has 0 saturated carbocycles. The minimum Gasteiger partial charge on any atom is -0.394 e. The van der Waals surface area contributed by atoms with E-state index in [0.29, 0.717) is 6.42 Å². The molecule has 0 bridgehead atoms. The molecule has 0 spiro atoms. The monoisotopic (exact) mass is 190 g/mol. The Labute approximate surface area is 78.1 Å². The van der Waals surface area contributed by atoms with Gasteiger partial charge in [0.05, 0.1) is 18.8 Å². The molecule has 78 valence electrons. The van der Waals surface area contributed by atoms with Crippen molar-refractivity contribution in [2.75, 3.05) is 6.61 Å². The molecule has 0 aromatic heterocycles. The SMILES string of the molecule is CC(C)[C@@H]1C[C@@H](O)C(O)C(CO)O1. The third kappa shape index (κ3) is 2.40. The second-order valence-electron chi connectivity index (χ2n) is 3.93. The van der Waals surface area contributed by atoms with E-state index in [2.05, 4.69) is 0 Å². The molecule has 1 fully saturated rings. The van der Waals surface area contributed by atoms with Crippen molar-refractivity contribution in [1.82, 2.24) is 0 Å². The number of ether oxygens (including phenoxy) is 1. The van der Waals surface area contributed by atoms with Crippen LogP contribution in [0.15, 0.2) is 0 Å². The van der Waals surface area contributed by atoms with Crippen molar-refractivity contribution < 1.29 is 20.1 Å². The fourth-order valence-corrected chi connectivity index (χ4v) is 1.57. The summed E-state index contributed by atoms with van der Waals surface area (Å²) < 4.78 is 5.42. The van der Waals surface area contributed by atoms with Gasteiger partial charge >= 0.3 is 0 Å². The highest BCUT2D eigenvalue weighted by Crippen LogP contribution is 2.24. The zero-order valence-corrected chi connectivity index (χ0v) is 8.05. The maximum absolute atomic E-state index is 9.46. The van der Waals surface area contributed by atoms with E-state index in [1.165, 1.54) is 0 Å². The molecule has 0 aromatic rings. The zero-order chi connectivity index (χ0) is 10.0. The summed E-state index contributed by atoms with van der Waals surface area (Å²) in [6.07, 6.45) is -2.01. The number of aliphatic hydroxyl groups excluding tert-OH is 3. The van der Waals surface area contributed by atoms with E-state index < -0.39 is 18.3 Å². The van der Waals surface area contributed by atoms with Gasteiger partial charge < -0.3 is 20.1 Å².